The van der Waals surface area contributed by atoms with Crippen molar-refractivity contribution in [1.29, 1.82) is 0 Å². The number of nitrogens with two attached hydrogens (primary N) is 1. The molecule has 6 nitrogen and oxygen atoms in total. The molecule has 13 heavy (non-hydrogen) atoms. The molecule has 0 aromatic carbocycles. The van der Waals surface area contributed by atoms with Gasteiger partial charge in [0.05, 0.1) is 0 Å². The molecule has 0 aliphatic heterocycles. The van der Waals surface area contributed by atoms with Gasteiger partial charge in [0.15, 0.2) is 5.16 Å². The third kappa shape index (κ3) is 1.95. The molecule has 0 saturated heterocycles. The first-order valence-electron chi connectivity index (χ1n) is 3.41. The fraction of sp³-hybridized carbons (Fsp3) is 0.200. The summed E-state index contributed by atoms with van der Waals surface area (Å²) in [5.74, 6) is 0.664. The highest BCUT2D eigenvalue weighted by Crippen LogP contribution is 2.22. The van der Waals surface area contributed by atoms with Gasteiger partial charge in [-0.3, -0.25) is 5.10 Å². The fourth-order valence-electron chi connectivity index (χ4n) is 0.716. The van der Waals surface area contributed by atoms with Crippen LogP contribution in [0, 0.1) is 0 Å². The average molecular weight is 214 g/mol. The summed E-state index contributed by atoms with van der Waals surface area (Å²) in [5, 5.41) is 11.8. The van der Waals surface area contributed by atoms with Crippen LogP contribution in [0.25, 0.3) is 0 Å². The van der Waals surface area contributed by atoms with Crippen molar-refractivity contribution in [1.82, 2.24) is 24.8 Å². The number of thioether (sulfide) groups is 1. The smallest absolute Gasteiger partial charge is 0.183 e. The molecule has 0 amide bonds. The molecule has 0 fully saturated rings. The lowest BCUT2D eigenvalue weighted by molar-refractivity contribution is 0.970. The summed E-state index contributed by atoms with van der Waals surface area (Å²) >= 11 is 2.69. The van der Waals surface area contributed by atoms with E-state index in [0.717, 1.165) is 10.9 Å². The normalized spacial score (nSPS) is 10.5. The van der Waals surface area contributed by atoms with Gasteiger partial charge in [-0.15, -0.1) is 5.10 Å². The maximum absolute atomic E-state index is 5.61. The highest BCUT2D eigenvalue weighted by Gasteiger charge is 2.05. The summed E-state index contributed by atoms with van der Waals surface area (Å²) in [6.07, 6.45) is 1.46. The average Bonchev–Trinajstić information content (AvgIpc) is 2.72. The van der Waals surface area contributed by atoms with Gasteiger partial charge in [0.1, 0.15) is 17.0 Å². The molecule has 2 aromatic heterocycles. The van der Waals surface area contributed by atoms with E-state index < -0.39 is 0 Å². The lowest BCUT2D eigenvalue weighted by Gasteiger charge is -1.92. The minimum absolute atomic E-state index is 0.659. The Morgan fingerprint density at radius 3 is 3.15 bits per heavy atom. The topological polar surface area (TPSA) is 93.4 Å². The van der Waals surface area contributed by atoms with Crippen LogP contribution in [0.3, 0.4) is 0 Å². The Labute approximate surface area is 82.1 Å². The summed E-state index contributed by atoms with van der Waals surface area (Å²) in [6.45, 7) is 0. The number of nitrogens with zero attached hydrogens (tertiary/aromatic N) is 4. The van der Waals surface area contributed by atoms with Gasteiger partial charge < -0.3 is 5.73 Å². The van der Waals surface area contributed by atoms with E-state index in [1.807, 2.05) is 0 Å². The molecule has 2 heterocycles. The van der Waals surface area contributed by atoms with Gasteiger partial charge in [-0.25, -0.2) is 4.98 Å². The summed E-state index contributed by atoms with van der Waals surface area (Å²) < 4.78 is 3.73. The Morgan fingerprint density at radius 2 is 2.54 bits per heavy atom. The van der Waals surface area contributed by atoms with Crippen LogP contribution >= 0.6 is 23.3 Å². The Balaban J connectivity index is 1.97. The Morgan fingerprint density at radius 1 is 1.62 bits per heavy atom. The molecule has 68 valence electrons. The standard InChI is InChI=1S/C5H6N6S2/c6-4-3(9-11-13-4)1-12-5-7-2-8-10-5/h2H,1,6H2,(H,7,8,10). The van der Waals surface area contributed by atoms with E-state index >= 15 is 0 Å². The van der Waals surface area contributed by atoms with Crippen molar-refractivity contribution in [2.45, 2.75) is 10.9 Å². The number of hydrogen-bond donors (Lipinski definition) is 2. The van der Waals surface area contributed by atoms with Crippen molar-refractivity contribution in [2.75, 3.05) is 5.73 Å². The number of anilines is 1. The Kier molecular flexibility index (Phi) is 2.41. The van der Waals surface area contributed by atoms with E-state index in [4.69, 9.17) is 5.73 Å². The van der Waals surface area contributed by atoms with Crippen molar-refractivity contribution < 1.29 is 0 Å². The van der Waals surface area contributed by atoms with Crippen LogP contribution in [0.5, 0.6) is 0 Å². The predicted molar refractivity (Wildman–Crippen MR) is 50.3 cm³/mol. The minimum Gasteiger partial charge on any atom is -0.388 e. The molecule has 0 saturated carbocycles. The number of nitrogen functional groups attached to an aromatic ring is 1. The lowest BCUT2D eigenvalue weighted by atomic mass is 10.5. The van der Waals surface area contributed by atoms with Gasteiger partial charge in [0.25, 0.3) is 0 Å². The molecule has 2 rings (SSSR count). The van der Waals surface area contributed by atoms with Crippen LogP contribution in [0.1, 0.15) is 5.69 Å². The molecule has 0 aliphatic rings. The van der Waals surface area contributed by atoms with E-state index in [1.165, 1.54) is 29.6 Å². The van der Waals surface area contributed by atoms with Gasteiger partial charge in [-0.1, -0.05) is 16.3 Å². The van der Waals surface area contributed by atoms with E-state index in [1.54, 1.807) is 0 Å². The predicted octanol–water partition coefficient (Wildman–Crippen LogP) is 0.531. The van der Waals surface area contributed by atoms with Crippen LogP contribution in [0.15, 0.2) is 11.5 Å². The van der Waals surface area contributed by atoms with Crippen LogP contribution in [-0.2, 0) is 5.75 Å². The van der Waals surface area contributed by atoms with Crippen LogP contribution in [0.4, 0.5) is 5.00 Å². The van der Waals surface area contributed by atoms with Crippen LogP contribution < -0.4 is 5.73 Å². The number of rotatable bonds is 3. The second-order valence-corrected chi connectivity index (χ2v) is 3.91. The summed E-state index contributed by atoms with van der Waals surface area (Å²) in [6, 6.07) is 0. The highest BCUT2D eigenvalue weighted by atomic mass is 32.2. The van der Waals surface area contributed by atoms with Gasteiger partial charge >= 0.3 is 0 Å². The van der Waals surface area contributed by atoms with E-state index in [2.05, 4.69) is 24.8 Å². The van der Waals surface area contributed by atoms with Gasteiger partial charge in [0, 0.05) is 17.3 Å². The van der Waals surface area contributed by atoms with Crippen molar-refractivity contribution >= 4 is 28.3 Å². The Bertz CT molecular complexity index is 368. The van der Waals surface area contributed by atoms with Gasteiger partial charge in [-0.05, 0) is 0 Å². The zero-order valence-electron chi connectivity index (χ0n) is 6.47. The van der Waals surface area contributed by atoms with Crippen molar-refractivity contribution in [2.24, 2.45) is 0 Å². The van der Waals surface area contributed by atoms with E-state index in [-0.39, 0.29) is 0 Å². The number of aromatic nitrogens is 5. The number of nitrogens with one attached hydrogen (secondary N) is 1. The van der Waals surface area contributed by atoms with Crippen molar-refractivity contribution in [3.05, 3.63) is 12.0 Å². The molecule has 8 heteroatoms. The van der Waals surface area contributed by atoms with E-state index in [9.17, 15) is 0 Å². The van der Waals surface area contributed by atoms with Crippen molar-refractivity contribution in [3.8, 4) is 0 Å². The molecule has 0 unspecified atom stereocenters. The zero-order valence-corrected chi connectivity index (χ0v) is 8.10. The molecule has 0 spiro atoms. The maximum atomic E-state index is 5.61. The first-order valence-corrected chi connectivity index (χ1v) is 5.17. The number of hydrogen-bond acceptors (Lipinski definition) is 7. The SMILES string of the molecule is Nc1snnc1CSc1ncn[nH]1. The molecule has 0 atom stereocenters. The summed E-state index contributed by atoms with van der Waals surface area (Å²) in [7, 11) is 0. The molecular weight excluding hydrogens is 208 g/mol. The Hall–Kier alpha value is -1.15. The highest BCUT2D eigenvalue weighted by molar-refractivity contribution is 7.98. The largest absolute Gasteiger partial charge is 0.388 e. The molecule has 2 aromatic rings. The van der Waals surface area contributed by atoms with E-state index in [0.29, 0.717) is 10.8 Å². The second-order valence-electron chi connectivity index (χ2n) is 2.16. The second kappa shape index (κ2) is 3.71. The first kappa shape index (κ1) is 8.45. The molecule has 3 N–H and O–H groups in total. The third-order valence-corrected chi connectivity index (χ3v) is 2.81. The fourth-order valence-corrected chi connectivity index (χ4v) is 1.98. The maximum Gasteiger partial charge on any atom is 0.183 e. The van der Waals surface area contributed by atoms with Gasteiger partial charge in [0.2, 0.25) is 0 Å². The first-order chi connectivity index (χ1) is 6.36. The minimum atomic E-state index is 0.659. The summed E-state index contributed by atoms with van der Waals surface area (Å²) in [4.78, 5) is 3.96. The van der Waals surface area contributed by atoms with Crippen molar-refractivity contribution in [3.63, 3.8) is 0 Å². The molecule has 0 radical (unpaired) electrons. The number of aromatic amines is 1. The zero-order chi connectivity index (χ0) is 9.10. The van der Waals surface area contributed by atoms with Crippen LogP contribution in [-0.4, -0.2) is 24.8 Å². The lowest BCUT2D eigenvalue weighted by Crippen LogP contribution is -1.89. The van der Waals surface area contributed by atoms with Crippen LogP contribution in [0.2, 0.25) is 0 Å². The summed E-state index contributed by atoms with van der Waals surface area (Å²) in [5.41, 5.74) is 6.41. The monoisotopic (exact) mass is 214 g/mol. The van der Waals surface area contributed by atoms with Gasteiger partial charge in [-0.2, -0.15) is 5.10 Å². The molecule has 0 aliphatic carbocycles. The third-order valence-electron chi connectivity index (χ3n) is 1.32. The molecule has 0 bridgehead atoms. The quantitative estimate of drug-likeness (QED) is 0.724. The molecular formula is C5H6N6S2. The number of H-pyrrole nitrogens is 1.